The number of anilines is 1. The molecule has 0 aliphatic rings. The van der Waals surface area contributed by atoms with Crippen LogP contribution in [0.1, 0.15) is 0 Å². The number of hydrogen-bond donors (Lipinski definition) is 1. The maximum atomic E-state index is 12.2. The van der Waals surface area contributed by atoms with Crippen molar-refractivity contribution in [2.45, 2.75) is 0 Å². The zero-order valence-electron chi connectivity index (χ0n) is 12.6. The number of guanidine groups is 1. The van der Waals surface area contributed by atoms with Gasteiger partial charge in [-0.1, -0.05) is 35.0 Å². The van der Waals surface area contributed by atoms with Gasteiger partial charge in [-0.15, -0.1) is 0 Å². The van der Waals surface area contributed by atoms with Gasteiger partial charge in [-0.25, -0.2) is 4.79 Å². The summed E-state index contributed by atoms with van der Waals surface area (Å²) >= 11 is 12.7. The molecule has 9 heteroatoms. The smallest absolute Gasteiger partial charge is 0.328 e. The van der Waals surface area contributed by atoms with Crippen molar-refractivity contribution in [3.63, 3.8) is 0 Å². The molecule has 1 rings (SSSR count). The number of thioether (sulfide) groups is 1. The summed E-state index contributed by atoms with van der Waals surface area (Å²) in [6.07, 6.45) is 1.62. The van der Waals surface area contributed by atoms with Crippen LogP contribution in [0.25, 0.3) is 0 Å². The summed E-state index contributed by atoms with van der Waals surface area (Å²) in [6, 6.07) is 4.28. The molecular formula is C13H16Cl2N4O2S. The molecule has 0 atom stereocenters. The number of amides is 3. The summed E-state index contributed by atoms with van der Waals surface area (Å²) in [7, 11) is 4.89. The Bertz CT molecular complexity index is 608. The Labute approximate surface area is 143 Å². The summed E-state index contributed by atoms with van der Waals surface area (Å²) in [5, 5.41) is 3.00. The topological polar surface area (TPSA) is 65.0 Å². The summed E-state index contributed by atoms with van der Waals surface area (Å²) in [5.41, 5.74) is 0.487. The summed E-state index contributed by atoms with van der Waals surface area (Å²) in [6.45, 7) is 0. The molecule has 120 valence electrons. The van der Waals surface area contributed by atoms with Gasteiger partial charge in [0.2, 0.25) is 5.96 Å². The number of benzene rings is 1. The molecule has 0 fully saturated rings. The Hall–Kier alpha value is -1.44. The largest absolute Gasteiger partial charge is 0.348 e. The third kappa shape index (κ3) is 5.08. The molecule has 0 spiro atoms. The zero-order chi connectivity index (χ0) is 16.9. The Morgan fingerprint density at radius 1 is 1.18 bits per heavy atom. The molecule has 0 heterocycles. The number of nitrogens with one attached hydrogen (secondary N) is 1. The number of rotatable bonds is 1. The van der Waals surface area contributed by atoms with E-state index in [2.05, 4.69) is 10.3 Å². The number of carbonyl (C=O) groups is 2. The van der Waals surface area contributed by atoms with Crippen LogP contribution in [0.4, 0.5) is 15.3 Å². The van der Waals surface area contributed by atoms with E-state index < -0.39 is 11.3 Å². The number of halogens is 2. The van der Waals surface area contributed by atoms with Gasteiger partial charge in [-0.05, 0) is 24.5 Å². The van der Waals surface area contributed by atoms with E-state index in [1.165, 1.54) is 18.0 Å². The number of carbonyl (C=O) groups excluding carboxylic acids is 2. The van der Waals surface area contributed by atoms with Gasteiger partial charge in [0.25, 0.3) is 0 Å². The summed E-state index contributed by atoms with van der Waals surface area (Å²) in [5.74, 6) is 0.219. The third-order valence-electron chi connectivity index (χ3n) is 2.54. The van der Waals surface area contributed by atoms with Crippen LogP contribution >= 0.6 is 35.0 Å². The number of hydrogen-bond acceptors (Lipinski definition) is 3. The monoisotopic (exact) mass is 362 g/mol. The fourth-order valence-corrected chi connectivity index (χ4v) is 1.95. The minimum atomic E-state index is -0.459. The van der Waals surface area contributed by atoms with Crippen LogP contribution in [-0.2, 0) is 0 Å². The van der Waals surface area contributed by atoms with Crippen molar-refractivity contribution < 1.29 is 9.59 Å². The molecule has 0 bridgehead atoms. The van der Waals surface area contributed by atoms with Gasteiger partial charge in [0.1, 0.15) is 0 Å². The predicted octanol–water partition coefficient (Wildman–Crippen LogP) is 3.86. The molecule has 3 amide bonds. The van der Waals surface area contributed by atoms with E-state index in [4.69, 9.17) is 23.2 Å². The zero-order valence-corrected chi connectivity index (χ0v) is 14.9. The van der Waals surface area contributed by atoms with Crippen molar-refractivity contribution >= 4 is 57.9 Å². The van der Waals surface area contributed by atoms with Crippen LogP contribution in [0.15, 0.2) is 23.2 Å². The van der Waals surface area contributed by atoms with Crippen LogP contribution < -0.4 is 5.32 Å². The second kappa shape index (κ2) is 8.26. The fourth-order valence-electron chi connectivity index (χ4n) is 1.47. The molecule has 0 saturated heterocycles. The number of nitrogens with zero attached hydrogens (tertiary/aromatic N) is 3. The van der Waals surface area contributed by atoms with Gasteiger partial charge in [0.15, 0.2) is 0 Å². The molecule has 1 aromatic carbocycles. The molecule has 0 aromatic heterocycles. The van der Waals surface area contributed by atoms with Crippen LogP contribution in [0.3, 0.4) is 0 Å². The molecule has 0 aliphatic carbocycles. The maximum absolute atomic E-state index is 12.2. The maximum Gasteiger partial charge on any atom is 0.328 e. The molecule has 22 heavy (non-hydrogen) atoms. The minimum absolute atomic E-state index is 0.219. The van der Waals surface area contributed by atoms with Crippen molar-refractivity contribution in [3.8, 4) is 0 Å². The van der Waals surface area contributed by atoms with Gasteiger partial charge >= 0.3 is 11.3 Å². The van der Waals surface area contributed by atoms with Crippen molar-refractivity contribution in [1.29, 1.82) is 0 Å². The molecular weight excluding hydrogens is 347 g/mol. The van der Waals surface area contributed by atoms with Crippen molar-refractivity contribution in [2.75, 3.05) is 32.7 Å². The molecule has 0 radical (unpaired) electrons. The highest BCUT2D eigenvalue weighted by atomic mass is 35.5. The highest BCUT2D eigenvalue weighted by molar-refractivity contribution is 8.13. The molecule has 0 saturated carbocycles. The Balaban J connectivity index is 2.92. The van der Waals surface area contributed by atoms with Gasteiger partial charge in [-0.2, -0.15) is 4.99 Å². The normalized spacial score (nSPS) is 11.1. The lowest BCUT2D eigenvalue weighted by atomic mass is 10.3. The Morgan fingerprint density at radius 3 is 2.32 bits per heavy atom. The predicted molar refractivity (Wildman–Crippen MR) is 93.3 cm³/mol. The Kier molecular flexibility index (Phi) is 6.99. The SMILES string of the molecule is CSC(=O)N=C(N(C)C)N(C)C(=O)Nc1ccc(Cl)c(Cl)c1. The number of aliphatic imine (C=N–C) groups is 1. The quantitative estimate of drug-likeness (QED) is 0.608. The van der Waals surface area contributed by atoms with Gasteiger partial charge in [-0.3, -0.25) is 9.69 Å². The van der Waals surface area contributed by atoms with Crippen molar-refractivity contribution in [1.82, 2.24) is 9.80 Å². The van der Waals surface area contributed by atoms with Crippen molar-refractivity contribution in [3.05, 3.63) is 28.2 Å². The van der Waals surface area contributed by atoms with E-state index in [1.54, 1.807) is 37.4 Å². The van der Waals surface area contributed by atoms with E-state index in [0.717, 1.165) is 11.8 Å². The van der Waals surface area contributed by atoms with Crippen LogP contribution in [0.2, 0.25) is 10.0 Å². The summed E-state index contributed by atoms with van der Waals surface area (Å²) < 4.78 is 0. The van der Waals surface area contributed by atoms with E-state index in [0.29, 0.717) is 15.7 Å². The first kappa shape index (κ1) is 18.6. The highest BCUT2D eigenvalue weighted by Crippen LogP contribution is 2.25. The average molecular weight is 363 g/mol. The first-order valence-electron chi connectivity index (χ1n) is 6.10. The van der Waals surface area contributed by atoms with Crippen molar-refractivity contribution in [2.24, 2.45) is 4.99 Å². The van der Waals surface area contributed by atoms with Gasteiger partial charge < -0.3 is 10.2 Å². The first-order chi connectivity index (χ1) is 10.3. The third-order valence-corrected chi connectivity index (χ3v) is 3.72. The molecule has 0 aliphatic heterocycles. The molecule has 1 N–H and O–H groups in total. The lowest BCUT2D eigenvalue weighted by Crippen LogP contribution is -2.44. The summed E-state index contributed by atoms with van der Waals surface area (Å²) in [4.78, 5) is 30.4. The second-order valence-electron chi connectivity index (χ2n) is 4.39. The molecule has 0 unspecified atom stereocenters. The Morgan fingerprint density at radius 2 is 1.82 bits per heavy atom. The second-order valence-corrected chi connectivity index (χ2v) is 5.97. The van der Waals surface area contributed by atoms with E-state index in [1.807, 2.05) is 0 Å². The average Bonchev–Trinajstić information content (AvgIpc) is 2.47. The van der Waals surface area contributed by atoms with Crippen LogP contribution in [0, 0.1) is 0 Å². The number of urea groups is 1. The van der Waals surface area contributed by atoms with Gasteiger partial charge in [0.05, 0.1) is 10.0 Å². The fraction of sp³-hybridized carbons (Fsp3) is 0.308. The van der Waals surface area contributed by atoms with Crippen LogP contribution in [0.5, 0.6) is 0 Å². The first-order valence-corrected chi connectivity index (χ1v) is 8.08. The van der Waals surface area contributed by atoms with E-state index >= 15 is 0 Å². The molecule has 1 aromatic rings. The standard InChI is InChI=1S/C13H16Cl2N4O2S/c1-18(2)11(17-13(21)22-4)19(3)12(20)16-8-5-6-9(14)10(15)7-8/h5-7H,1-4H3,(H,16,20). The van der Waals surface area contributed by atoms with Gasteiger partial charge in [0, 0.05) is 26.8 Å². The van der Waals surface area contributed by atoms with E-state index in [-0.39, 0.29) is 5.96 Å². The lowest BCUT2D eigenvalue weighted by molar-refractivity contribution is 0.236. The van der Waals surface area contributed by atoms with Crippen LogP contribution in [-0.4, -0.2) is 54.4 Å². The molecule has 6 nitrogen and oxygen atoms in total. The van der Waals surface area contributed by atoms with E-state index in [9.17, 15) is 9.59 Å². The minimum Gasteiger partial charge on any atom is -0.348 e. The lowest BCUT2D eigenvalue weighted by Gasteiger charge is -2.24. The highest BCUT2D eigenvalue weighted by Gasteiger charge is 2.18.